The van der Waals surface area contributed by atoms with Crippen LogP contribution in [0, 0.1) is 11.6 Å². The number of carbonyl (C=O) groups excluding carboxylic acids is 2. The first kappa shape index (κ1) is 9.63. The van der Waals surface area contributed by atoms with E-state index in [9.17, 15) is 18.4 Å². The Morgan fingerprint density at radius 2 is 1.60 bits per heavy atom. The molecular weight excluding hydrogens is 209 g/mol. The molecule has 15 heavy (non-hydrogen) atoms. The predicted molar refractivity (Wildman–Crippen MR) is 43.9 cm³/mol. The van der Waals surface area contributed by atoms with Gasteiger partial charge in [-0.1, -0.05) is 6.07 Å². The third kappa shape index (κ3) is 1.68. The number of hydrogen-bond donors (Lipinski definition) is 0. The van der Waals surface area contributed by atoms with Crippen LogP contribution in [0.5, 0.6) is 0 Å². The van der Waals surface area contributed by atoms with Crippen LogP contribution in [0.3, 0.4) is 0 Å². The standard InChI is InChI=1S/C8H3BF2O4/c10-5-2-1-4(3-6(5)11)9-14-7(12)8(13)15-9/h1-3H. The van der Waals surface area contributed by atoms with Crippen LogP contribution in [-0.2, 0) is 18.9 Å². The molecule has 1 heterocycles. The molecule has 0 amide bonds. The predicted octanol–water partition coefficient (Wildman–Crippen LogP) is -0.240. The van der Waals surface area contributed by atoms with E-state index < -0.39 is 30.7 Å². The average Bonchev–Trinajstić information content (AvgIpc) is 2.52. The molecule has 1 aliphatic heterocycles. The van der Waals surface area contributed by atoms with Crippen molar-refractivity contribution >= 4 is 24.5 Å². The normalized spacial score (nSPS) is 15.2. The third-order valence-corrected chi connectivity index (χ3v) is 1.81. The highest BCUT2D eigenvalue weighted by Crippen LogP contribution is 2.07. The number of rotatable bonds is 1. The van der Waals surface area contributed by atoms with E-state index in [1.165, 1.54) is 0 Å². The first-order valence-electron chi connectivity index (χ1n) is 3.94. The molecule has 2 rings (SSSR count). The topological polar surface area (TPSA) is 52.6 Å². The Bertz CT molecular complexity index is 432. The second-order valence-corrected chi connectivity index (χ2v) is 2.82. The summed E-state index contributed by atoms with van der Waals surface area (Å²) in [5.41, 5.74) is 0.0631. The van der Waals surface area contributed by atoms with E-state index in [-0.39, 0.29) is 5.46 Å². The first-order chi connectivity index (χ1) is 7.08. The summed E-state index contributed by atoms with van der Waals surface area (Å²) in [7, 11) is -1.29. The monoisotopic (exact) mass is 212 g/mol. The number of hydrogen-bond acceptors (Lipinski definition) is 4. The van der Waals surface area contributed by atoms with Gasteiger partial charge in [0.25, 0.3) is 0 Å². The van der Waals surface area contributed by atoms with Crippen molar-refractivity contribution in [2.45, 2.75) is 0 Å². The van der Waals surface area contributed by atoms with E-state index in [1.807, 2.05) is 0 Å². The molecule has 0 spiro atoms. The van der Waals surface area contributed by atoms with E-state index in [0.29, 0.717) is 0 Å². The van der Waals surface area contributed by atoms with Gasteiger partial charge in [0.15, 0.2) is 11.6 Å². The summed E-state index contributed by atoms with van der Waals surface area (Å²) in [5.74, 6) is -4.43. The summed E-state index contributed by atoms with van der Waals surface area (Å²) in [4.78, 5) is 21.3. The first-order valence-corrected chi connectivity index (χ1v) is 3.94. The molecular formula is C8H3BF2O4. The molecule has 0 unspecified atom stereocenters. The Hall–Kier alpha value is -1.92. The van der Waals surface area contributed by atoms with Crippen LogP contribution in [0.25, 0.3) is 0 Å². The van der Waals surface area contributed by atoms with E-state index in [2.05, 4.69) is 9.31 Å². The molecule has 0 radical (unpaired) electrons. The molecule has 1 saturated heterocycles. The molecule has 0 atom stereocenters. The lowest BCUT2D eigenvalue weighted by molar-refractivity contribution is -0.150. The fourth-order valence-electron chi connectivity index (χ4n) is 1.11. The Morgan fingerprint density at radius 1 is 1.00 bits per heavy atom. The van der Waals surface area contributed by atoms with Gasteiger partial charge in [-0.15, -0.1) is 0 Å². The summed E-state index contributed by atoms with van der Waals surface area (Å²) >= 11 is 0. The van der Waals surface area contributed by atoms with Crippen molar-refractivity contribution in [1.82, 2.24) is 0 Å². The molecule has 4 nitrogen and oxygen atoms in total. The zero-order valence-electron chi connectivity index (χ0n) is 7.20. The van der Waals surface area contributed by atoms with Gasteiger partial charge in [0.1, 0.15) is 0 Å². The van der Waals surface area contributed by atoms with Crippen LogP contribution in [0.15, 0.2) is 18.2 Å². The van der Waals surface area contributed by atoms with Crippen molar-refractivity contribution < 1.29 is 27.7 Å². The Kier molecular flexibility index (Phi) is 2.14. The lowest BCUT2D eigenvalue weighted by atomic mass is 9.79. The molecule has 0 bridgehead atoms. The SMILES string of the molecule is O=C1OB(c2ccc(F)c(F)c2)OC1=O. The van der Waals surface area contributed by atoms with Gasteiger partial charge in [0, 0.05) is 5.46 Å². The van der Waals surface area contributed by atoms with Crippen LogP contribution in [0.2, 0.25) is 0 Å². The lowest BCUT2D eigenvalue weighted by Gasteiger charge is -2.02. The highest BCUT2D eigenvalue weighted by molar-refractivity contribution is 6.70. The molecule has 1 aromatic rings. The Balaban J connectivity index is 2.28. The molecule has 0 aromatic heterocycles. The van der Waals surface area contributed by atoms with Crippen molar-refractivity contribution in [2.24, 2.45) is 0 Å². The Morgan fingerprint density at radius 3 is 2.13 bits per heavy atom. The molecule has 76 valence electrons. The van der Waals surface area contributed by atoms with Crippen molar-refractivity contribution in [3.63, 3.8) is 0 Å². The minimum absolute atomic E-state index is 0.0631. The van der Waals surface area contributed by atoms with Gasteiger partial charge in [-0.2, -0.15) is 0 Å². The van der Waals surface area contributed by atoms with Gasteiger partial charge in [0.05, 0.1) is 0 Å². The van der Waals surface area contributed by atoms with Crippen molar-refractivity contribution in [2.75, 3.05) is 0 Å². The zero-order valence-corrected chi connectivity index (χ0v) is 7.20. The van der Waals surface area contributed by atoms with E-state index in [1.54, 1.807) is 0 Å². The summed E-state index contributed by atoms with van der Waals surface area (Å²) in [6, 6.07) is 2.81. The molecule has 7 heteroatoms. The van der Waals surface area contributed by atoms with Crippen LogP contribution < -0.4 is 5.46 Å². The minimum atomic E-state index is -1.29. The second-order valence-electron chi connectivity index (χ2n) is 2.82. The van der Waals surface area contributed by atoms with Gasteiger partial charge in [0.2, 0.25) is 0 Å². The van der Waals surface area contributed by atoms with Crippen molar-refractivity contribution in [1.29, 1.82) is 0 Å². The minimum Gasteiger partial charge on any atom is -0.487 e. The molecule has 0 N–H and O–H groups in total. The van der Waals surface area contributed by atoms with Gasteiger partial charge < -0.3 is 9.31 Å². The van der Waals surface area contributed by atoms with Crippen LogP contribution in [0.4, 0.5) is 8.78 Å². The average molecular weight is 212 g/mol. The van der Waals surface area contributed by atoms with Crippen molar-refractivity contribution in [3.8, 4) is 0 Å². The van der Waals surface area contributed by atoms with E-state index >= 15 is 0 Å². The maximum atomic E-state index is 12.8. The largest absolute Gasteiger partial charge is 0.637 e. The van der Waals surface area contributed by atoms with Crippen LogP contribution >= 0.6 is 0 Å². The van der Waals surface area contributed by atoms with Gasteiger partial charge >= 0.3 is 19.1 Å². The van der Waals surface area contributed by atoms with E-state index in [4.69, 9.17) is 0 Å². The maximum Gasteiger partial charge on any atom is 0.637 e. The molecule has 1 aliphatic rings. The lowest BCUT2D eigenvalue weighted by Crippen LogP contribution is -2.32. The smallest absolute Gasteiger partial charge is 0.487 e. The van der Waals surface area contributed by atoms with Gasteiger partial charge in [-0.3, -0.25) is 0 Å². The third-order valence-electron chi connectivity index (χ3n) is 1.81. The van der Waals surface area contributed by atoms with Gasteiger partial charge in [-0.25, -0.2) is 18.4 Å². The summed E-state index contributed by atoms with van der Waals surface area (Å²) in [6.45, 7) is 0. The second kappa shape index (κ2) is 3.34. The highest BCUT2D eigenvalue weighted by Gasteiger charge is 2.42. The summed E-state index contributed by atoms with van der Waals surface area (Å²) in [5, 5.41) is 0. The fraction of sp³-hybridized carbons (Fsp3) is 0. The maximum absolute atomic E-state index is 12.8. The molecule has 0 aliphatic carbocycles. The highest BCUT2D eigenvalue weighted by atomic mass is 19.2. The number of carbonyl (C=O) groups is 2. The number of halogens is 2. The quantitative estimate of drug-likeness (QED) is 0.476. The molecule has 1 fully saturated rings. The fourth-order valence-corrected chi connectivity index (χ4v) is 1.11. The van der Waals surface area contributed by atoms with Crippen LogP contribution in [0.1, 0.15) is 0 Å². The molecule has 0 saturated carbocycles. The van der Waals surface area contributed by atoms with E-state index in [0.717, 1.165) is 18.2 Å². The Labute approximate surface area is 82.9 Å². The van der Waals surface area contributed by atoms with Gasteiger partial charge in [-0.05, 0) is 12.1 Å². The van der Waals surface area contributed by atoms with Crippen LogP contribution in [-0.4, -0.2) is 19.1 Å². The molecule has 1 aromatic carbocycles. The summed E-state index contributed by atoms with van der Waals surface area (Å²) in [6.07, 6.45) is 0. The van der Waals surface area contributed by atoms with Crippen molar-refractivity contribution in [3.05, 3.63) is 29.8 Å². The summed E-state index contributed by atoms with van der Waals surface area (Å²) < 4.78 is 34.2. The zero-order chi connectivity index (χ0) is 11.0. The number of benzene rings is 1.